The predicted octanol–water partition coefficient (Wildman–Crippen LogP) is 1.33. The molecule has 0 aliphatic carbocycles. The van der Waals surface area contributed by atoms with Crippen LogP contribution in [0.5, 0.6) is 0 Å². The average molecular weight is 186 g/mol. The van der Waals surface area contributed by atoms with Crippen LogP contribution in [0.3, 0.4) is 0 Å². The first-order chi connectivity index (χ1) is 6.33. The molecule has 0 aromatic rings. The number of rotatable bonds is 6. The molecule has 1 aliphatic heterocycles. The minimum Gasteiger partial charge on any atom is -0.499 e. The maximum atomic E-state index is 8.45. The number of aliphatic hydroxyl groups excluding tert-OH is 1. The molecule has 3 heteroatoms. The van der Waals surface area contributed by atoms with E-state index >= 15 is 0 Å². The Bertz CT molecular complexity index is 156. The molecule has 1 N–H and O–H groups in total. The van der Waals surface area contributed by atoms with Gasteiger partial charge in [0, 0.05) is 5.41 Å². The van der Waals surface area contributed by atoms with Crippen molar-refractivity contribution in [1.82, 2.24) is 0 Å². The van der Waals surface area contributed by atoms with Crippen LogP contribution >= 0.6 is 0 Å². The maximum Gasteiger partial charge on any atom is 0.110 e. The third kappa shape index (κ3) is 3.01. The molecule has 0 bridgehead atoms. The largest absolute Gasteiger partial charge is 0.499 e. The van der Waals surface area contributed by atoms with Crippen LogP contribution < -0.4 is 0 Å². The van der Waals surface area contributed by atoms with Gasteiger partial charge in [-0.2, -0.15) is 0 Å². The van der Waals surface area contributed by atoms with Crippen molar-refractivity contribution in [2.75, 3.05) is 26.4 Å². The van der Waals surface area contributed by atoms with Crippen molar-refractivity contribution in [3.05, 3.63) is 12.3 Å². The second-order valence-corrected chi connectivity index (χ2v) is 3.52. The summed E-state index contributed by atoms with van der Waals surface area (Å²) in [7, 11) is 0. The molecule has 0 radical (unpaired) electrons. The third-order valence-electron chi connectivity index (χ3n) is 2.52. The van der Waals surface area contributed by atoms with Gasteiger partial charge in [0.25, 0.3) is 0 Å². The number of allylic oxidation sites excluding steroid dienone is 1. The van der Waals surface area contributed by atoms with Gasteiger partial charge < -0.3 is 14.6 Å². The van der Waals surface area contributed by atoms with Crippen molar-refractivity contribution in [1.29, 1.82) is 0 Å². The summed E-state index contributed by atoms with van der Waals surface area (Å²) in [4.78, 5) is 0. The van der Waals surface area contributed by atoms with Gasteiger partial charge >= 0.3 is 0 Å². The lowest BCUT2D eigenvalue weighted by molar-refractivity contribution is -0.113. The van der Waals surface area contributed by atoms with Crippen molar-refractivity contribution in [2.24, 2.45) is 5.41 Å². The highest BCUT2D eigenvalue weighted by Crippen LogP contribution is 2.35. The van der Waals surface area contributed by atoms with Gasteiger partial charge in [-0.1, -0.05) is 6.92 Å². The molecule has 3 nitrogen and oxygen atoms in total. The first kappa shape index (κ1) is 10.5. The van der Waals surface area contributed by atoms with Crippen molar-refractivity contribution in [3.63, 3.8) is 0 Å². The lowest BCUT2D eigenvalue weighted by atomic mass is 9.80. The van der Waals surface area contributed by atoms with Crippen molar-refractivity contribution in [3.8, 4) is 0 Å². The lowest BCUT2D eigenvalue weighted by Crippen LogP contribution is -2.41. The van der Waals surface area contributed by atoms with Gasteiger partial charge in [0.05, 0.1) is 26.1 Å². The standard InChI is InChI=1S/C10H18O3/c1-2-10(8-13-9-10)4-3-6-12-7-5-11/h3,6,11H,2,4-5,7-9H2,1H3. The molecule has 13 heavy (non-hydrogen) atoms. The summed E-state index contributed by atoms with van der Waals surface area (Å²) < 4.78 is 10.2. The summed E-state index contributed by atoms with van der Waals surface area (Å²) >= 11 is 0. The summed E-state index contributed by atoms with van der Waals surface area (Å²) in [6, 6.07) is 0. The molecule has 0 aromatic heterocycles. The van der Waals surface area contributed by atoms with E-state index in [0.29, 0.717) is 12.0 Å². The van der Waals surface area contributed by atoms with Crippen molar-refractivity contribution in [2.45, 2.75) is 19.8 Å². The Morgan fingerprint density at radius 3 is 2.77 bits per heavy atom. The average Bonchev–Trinajstić information content (AvgIpc) is 2.09. The topological polar surface area (TPSA) is 38.7 Å². The van der Waals surface area contributed by atoms with Crippen LogP contribution in [0.2, 0.25) is 0 Å². The van der Waals surface area contributed by atoms with Crippen LogP contribution in [-0.4, -0.2) is 31.5 Å². The van der Waals surface area contributed by atoms with Crippen LogP contribution in [0.1, 0.15) is 19.8 Å². The van der Waals surface area contributed by atoms with E-state index in [2.05, 4.69) is 6.92 Å². The fourth-order valence-electron chi connectivity index (χ4n) is 1.34. The Hall–Kier alpha value is -0.540. The van der Waals surface area contributed by atoms with Crippen LogP contribution in [0.4, 0.5) is 0 Å². The molecule has 0 aromatic carbocycles. The minimum atomic E-state index is 0.0758. The van der Waals surface area contributed by atoms with Crippen LogP contribution in [0.15, 0.2) is 12.3 Å². The molecule has 76 valence electrons. The van der Waals surface area contributed by atoms with E-state index in [0.717, 1.165) is 26.1 Å². The maximum absolute atomic E-state index is 8.45. The molecule has 1 heterocycles. The quantitative estimate of drug-likeness (QED) is 0.502. The summed E-state index contributed by atoms with van der Waals surface area (Å²) in [5, 5.41) is 8.45. The van der Waals surface area contributed by atoms with Crippen LogP contribution in [-0.2, 0) is 9.47 Å². The van der Waals surface area contributed by atoms with Gasteiger partial charge in [0.2, 0.25) is 0 Å². The van der Waals surface area contributed by atoms with Gasteiger partial charge in [-0.05, 0) is 18.9 Å². The smallest absolute Gasteiger partial charge is 0.110 e. The number of ether oxygens (including phenoxy) is 2. The molecular formula is C10H18O3. The van der Waals surface area contributed by atoms with E-state index < -0.39 is 0 Å². The Balaban J connectivity index is 2.13. The monoisotopic (exact) mass is 186 g/mol. The first-order valence-electron chi connectivity index (χ1n) is 4.78. The molecular weight excluding hydrogens is 168 g/mol. The van der Waals surface area contributed by atoms with E-state index in [1.165, 1.54) is 0 Å². The van der Waals surface area contributed by atoms with Gasteiger partial charge in [0.1, 0.15) is 6.61 Å². The van der Waals surface area contributed by atoms with Crippen LogP contribution in [0, 0.1) is 5.41 Å². The minimum absolute atomic E-state index is 0.0758. The molecule has 0 amide bonds. The number of aliphatic hydroxyl groups is 1. The third-order valence-corrected chi connectivity index (χ3v) is 2.52. The highest BCUT2D eigenvalue weighted by atomic mass is 16.5. The molecule has 1 rings (SSSR count). The Morgan fingerprint density at radius 1 is 1.54 bits per heavy atom. The molecule has 1 fully saturated rings. The van der Waals surface area contributed by atoms with E-state index in [1.54, 1.807) is 6.26 Å². The highest BCUT2D eigenvalue weighted by molar-refractivity contribution is 4.91. The zero-order chi connectivity index (χ0) is 9.57. The van der Waals surface area contributed by atoms with Crippen LogP contribution in [0.25, 0.3) is 0 Å². The highest BCUT2D eigenvalue weighted by Gasteiger charge is 2.35. The second kappa shape index (κ2) is 5.25. The Labute approximate surface area is 79.3 Å². The van der Waals surface area contributed by atoms with E-state index in [1.807, 2.05) is 6.08 Å². The molecule has 0 spiro atoms. The van der Waals surface area contributed by atoms with E-state index in [4.69, 9.17) is 14.6 Å². The Kier molecular flexibility index (Phi) is 4.25. The van der Waals surface area contributed by atoms with Gasteiger partial charge in [-0.25, -0.2) is 0 Å². The summed E-state index contributed by atoms with van der Waals surface area (Å²) in [6.45, 7) is 4.38. The zero-order valence-corrected chi connectivity index (χ0v) is 8.16. The normalized spacial score (nSPS) is 20.2. The summed E-state index contributed by atoms with van der Waals surface area (Å²) in [5.41, 5.74) is 0.360. The van der Waals surface area contributed by atoms with Gasteiger partial charge in [0.15, 0.2) is 0 Å². The molecule has 1 saturated heterocycles. The van der Waals surface area contributed by atoms with Gasteiger partial charge in [-0.15, -0.1) is 0 Å². The fourth-order valence-corrected chi connectivity index (χ4v) is 1.34. The van der Waals surface area contributed by atoms with Crippen molar-refractivity contribution >= 4 is 0 Å². The predicted molar refractivity (Wildman–Crippen MR) is 50.3 cm³/mol. The molecule has 0 unspecified atom stereocenters. The molecule has 0 saturated carbocycles. The molecule has 1 aliphatic rings. The zero-order valence-electron chi connectivity index (χ0n) is 8.16. The summed E-state index contributed by atoms with van der Waals surface area (Å²) in [6.07, 6.45) is 5.85. The van der Waals surface area contributed by atoms with E-state index in [-0.39, 0.29) is 6.61 Å². The Morgan fingerprint density at radius 2 is 2.31 bits per heavy atom. The number of hydrogen-bond donors (Lipinski definition) is 1. The SMILES string of the molecule is CCC1(CC=COCCO)COC1. The van der Waals surface area contributed by atoms with Crippen molar-refractivity contribution < 1.29 is 14.6 Å². The lowest BCUT2D eigenvalue weighted by Gasteiger charge is -2.40. The first-order valence-corrected chi connectivity index (χ1v) is 4.78. The van der Waals surface area contributed by atoms with E-state index in [9.17, 15) is 0 Å². The fraction of sp³-hybridized carbons (Fsp3) is 0.800. The summed E-state index contributed by atoms with van der Waals surface area (Å²) in [5.74, 6) is 0. The number of hydrogen-bond acceptors (Lipinski definition) is 3. The molecule has 0 atom stereocenters. The van der Waals surface area contributed by atoms with Gasteiger partial charge in [-0.3, -0.25) is 0 Å². The second-order valence-electron chi connectivity index (χ2n) is 3.52.